The number of hydrogen-bond acceptors (Lipinski definition) is 5. The molecule has 0 bridgehead atoms. The Morgan fingerprint density at radius 1 is 1.38 bits per heavy atom. The topological polar surface area (TPSA) is 88.4 Å². The molecule has 0 aliphatic rings. The van der Waals surface area contributed by atoms with E-state index in [0.717, 1.165) is 11.3 Å². The largest absolute Gasteiger partial charge is 0.497 e. The number of methoxy groups -OCH3 is 1. The molecule has 0 aliphatic carbocycles. The predicted molar refractivity (Wildman–Crippen MR) is 76.2 cm³/mol. The molecule has 1 amide bonds. The van der Waals surface area contributed by atoms with Gasteiger partial charge in [0.1, 0.15) is 17.9 Å². The summed E-state index contributed by atoms with van der Waals surface area (Å²) >= 11 is 0. The molecule has 0 fully saturated rings. The summed E-state index contributed by atoms with van der Waals surface area (Å²) in [4.78, 5) is 23.0. The molecule has 0 heterocycles. The van der Waals surface area contributed by atoms with Crippen molar-refractivity contribution in [3.63, 3.8) is 0 Å². The molecule has 0 saturated carbocycles. The molecule has 0 aliphatic heterocycles. The maximum absolute atomic E-state index is 11.6. The molecule has 1 aromatic rings. The molecule has 0 spiro atoms. The Morgan fingerprint density at radius 3 is 2.62 bits per heavy atom. The lowest BCUT2D eigenvalue weighted by molar-refractivity contribution is -0.145. The maximum atomic E-state index is 11.6. The molecular formula is C15H16N2O4. The average molecular weight is 288 g/mol. The number of carbonyl (C=O) groups is 2. The second kappa shape index (κ2) is 8.38. The lowest BCUT2D eigenvalue weighted by Gasteiger charge is -2.10. The highest BCUT2D eigenvalue weighted by Crippen LogP contribution is 2.12. The summed E-state index contributed by atoms with van der Waals surface area (Å²) in [7, 11) is 1.57. The quantitative estimate of drug-likeness (QED) is 0.629. The first-order chi connectivity index (χ1) is 10.1. The number of rotatable bonds is 6. The van der Waals surface area contributed by atoms with Gasteiger partial charge in [0.25, 0.3) is 0 Å². The number of nitrogens with one attached hydrogen (secondary N) is 1. The minimum Gasteiger partial charge on any atom is -0.497 e. The highest BCUT2D eigenvalue weighted by Gasteiger charge is 2.15. The monoisotopic (exact) mass is 288 g/mol. The van der Waals surface area contributed by atoms with Gasteiger partial charge >= 0.3 is 5.97 Å². The predicted octanol–water partition coefficient (Wildman–Crippen LogP) is 1.28. The van der Waals surface area contributed by atoms with E-state index in [-0.39, 0.29) is 6.61 Å². The van der Waals surface area contributed by atoms with Crippen LogP contribution in [0, 0.1) is 11.3 Å². The number of hydrogen-bond donors (Lipinski definition) is 1. The molecule has 6 nitrogen and oxygen atoms in total. The number of amides is 1. The molecular weight excluding hydrogens is 272 g/mol. The zero-order valence-electron chi connectivity index (χ0n) is 11.8. The fourth-order valence-electron chi connectivity index (χ4n) is 1.44. The van der Waals surface area contributed by atoms with Gasteiger partial charge in [-0.3, -0.25) is 4.79 Å². The second-order valence-electron chi connectivity index (χ2n) is 4.10. The maximum Gasteiger partial charge on any atom is 0.329 e. The van der Waals surface area contributed by atoms with Crippen LogP contribution in [0.3, 0.4) is 0 Å². The Kier molecular flexibility index (Phi) is 6.48. The van der Waals surface area contributed by atoms with Crippen LogP contribution in [-0.2, 0) is 14.3 Å². The van der Waals surface area contributed by atoms with Crippen molar-refractivity contribution in [1.82, 2.24) is 5.32 Å². The number of ether oxygens (including phenoxy) is 2. The molecule has 0 unspecified atom stereocenters. The third kappa shape index (κ3) is 5.78. The lowest BCUT2D eigenvalue weighted by atomic mass is 10.2. The van der Waals surface area contributed by atoms with Crippen molar-refractivity contribution in [2.24, 2.45) is 0 Å². The molecule has 0 saturated heterocycles. The van der Waals surface area contributed by atoms with Gasteiger partial charge in [-0.15, -0.1) is 0 Å². The first-order valence-electron chi connectivity index (χ1n) is 6.23. The minimum atomic E-state index is -0.814. The summed E-state index contributed by atoms with van der Waals surface area (Å²) in [6, 6.07) is 8.02. The Labute approximate surface area is 123 Å². The van der Waals surface area contributed by atoms with Crippen LogP contribution in [-0.4, -0.2) is 31.6 Å². The van der Waals surface area contributed by atoms with E-state index in [0.29, 0.717) is 0 Å². The number of nitriles is 1. The zero-order chi connectivity index (χ0) is 15.7. The smallest absolute Gasteiger partial charge is 0.329 e. The van der Waals surface area contributed by atoms with Gasteiger partial charge in [0.2, 0.25) is 5.91 Å². The van der Waals surface area contributed by atoms with Gasteiger partial charge in [-0.25, -0.2) is 4.79 Å². The third-order valence-corrected chi connectivity index (χ3v) is 2.53. The minimum absolute atomic E-state index is 0.333. The van der Waals surface area contributed by atoms with Gasteiger partial charge in [0.15, 0.2) is 6.61 Å². The van der Waals surface area contributed by atoms with Crippen molar-refractivity contribution in [3.8, 4) is 11.8 Å². The van der Waals surface area contributed by atoms with Crippen LogP contribution in [0.25, 0.3) is 6.08 Å². The van der Waals surface area contributed by atoms with E-state index in [1.807, 2.05) is 0 Å². The normalized spacial score (nSPS) is 11.5. The van der Waals surface area contributed by atoms with Crippen LogP contribution < -0.4 is 10.1 Å². The summed E-state index contributed by atoms with van der Waals surface area (Å²) in [5.41, 5.74) is 0.825. The highest BCUT2D eigenvalue weighted by molar-refractivity contribution is 5.94. The van der Waals surface area contributed by atoms with Crippen LogP contribution in [0.4, 0.5) is 0 Å². The van der Waals surface area contributed by atoms with Crippen LogP contribution in [0.15, 0.2) is 30.3 Å². The molecule has 1 atom stereocenters. The second-order valence-corrected chi connectivity index (χ2v) is 4.10. The molecule has 0 radical (unpaired) electrons. The molecule has 1 N–H and O–H groups in total. The lowest BCUT2D eigenvalue weighted by Crippen LogP contribution is -2.38. The van der Waals surface area contributed by atoms with Crippen molar-refractivity contribution < 1.29 is 19.1 Å². The highest BCUT2D eigenvalue weighted by atomic mass is 16.5. The number of esters is 1. The molecule has 21 heavy (non-hydrogen) atoms. The van der Waals surface area contributed by atoms with E-state index < -0.39 is 17.9 Å². The van der Waals surface area contributed by atoms with Gasteiger partial charge in [0, 0.05) is 6.08 Å². The number of benzene rings is 1. The van der Waals surface area contributed by atoms with E-state index in [4.69, 9.17) is 10.00 Å². The van der Waals surface area contributed by atoms with Crippen LogP contribution in [0.5, 0.6) is 5.75 Å². The third-order valence-electron chi connectivity index (χ3n) is 2.53. The van der Waals surface area contributed by atoms with E-state index in [1.54, 1.807) is 43.5 Å². The fraction of sp³-hybridized carbons (Fsp3) is 0.267. The summed E-state index contributed by atoms with van der Waals surface area (Å²) < 4.78 is 9.62. The first-order valence-corrected chi connectivity index (χ1v) is 6.23. The zero-order valence-corrected chi connectivity index (χ0v) is 11.8. The van der Waals surface area contributed by atoms with E-state index in [2.05, 4.69) is 10.1 Å². The van der Waals surface area contributed by atoms with Gasteiger partial charge in [0.05, 0.1) is 7.11 Å². The summed E-state index contributed by atoms with van der Waals surface area (Å²) in [5.74, 6) is -0.347. The van der Waals surface area contributed by atoms with E-state index in [9.17, 15) is 9.59 Å². The summed E-state index contributed by atoms with van der Waals surface area (Å²) in [6.45, 7) is 1.15. The molecule has 6 heteroatoms. The fourth-order valence-corrected chi connectivity index (χ4v) is 1.44. The van der Waals surface area contributed by atoms with Gasteiger partial charge in [-0.2, -0.15) is 5.26 Å². The van der Waals surface area contributed by atoms with Gasteiger partial charge in [-0.05, 0) is 30.7 Å². The number of carbonyl (C=O) groups excluding carboxylic acids is 2. The van der Waals surface area contributed by atoms with Crippen molar-refractivity contribution in [3.05, 3.63) is 35.9 Å². The Bertz CT molecular complexity index is 558. The van der Waals surface area contributed by atoms with Crippen LogP contribution in [0.1, 0.15) is 12.5 Å². The standard InChI is InChI=1S/C15H16N2O4/c1-11(15(19)21-10-9-16)17-14(18)8-5-12-3-6-13(20-2)7-4-12/h3-8,11H,10H2,1-2H3,(H,17,18)/b8-5+/t11-/m0/s1. The summed E-state index contributed by atoms with van der Waals surface area (Å²) in [5, 5.41) is 10.7. The molecule has 0 aromatic heterocycles. The van der Waals surface area contributed by atoms with Crippen molar-refractivity contribution >= 4 is 18.0 Å². The Balaban J connectivity index is 2.50. The van der Waals surface area contributed by atoms with Crippen molar-refractivity contribution in [1.29, 1.82) is 5.26 Å². The van der Waals surface area contributed by atoms with E-state index >= 15 is 0 Å². The van der Waals surface area contributed by atoms with Gasteiger partial charge < -0.3 is 14.8 Å². The van der Waals surface area contributed by atoms with Crippen LogP contribution in [0.2, 0.25) is 0 Å². The first kappa shape index (κ1) is 16.2. The summed E-state index contributed by atoms with van der Waals surface area (Å²) in [6.07, 6.45) is 2.93. The van der Waals surface area contributed by atoms with E-state index in [1.165, 1.54) is 13.0 Å². The van der Waals surface area contributed by atoms with Crippen LogP contribution >= 0.6 is 0 Å². The molecule has 1 rings (SSSR count). The number of nitrogens with zero attached hydrogens (tertiary/aromatic N) is 1. The van der Waals surface area contributed by atoms with Crippen molar-refractivity contribution in [2.45, 2.75) is 13.0 Å². The Hall–Kier alpha value is -2.81. The molecule has 1 aromatic carbocycles. The van der Waals surface area contributed by atoms with Crippen molar-refractivity contribution in [2.75, 3.05) is 13.7 Å². The SMILES string of the molecule is COc1ccc(/C=C/C(=O)N[C@@H](C)C(=O)OCC#N)cc1. The Morgan fingerprint density at radius 2 is 2.05 bits per heavy atom. The van der Waals surface area contributed by atoms with Gasteiger partial charge in [-0.1, -0.05) is 12.1 Å². The molecule has 110 valence electrons. The average Bonchev–Trinajstić information content (AvgIpc) is 2.50.